The summed E-state index contributed by atoms with van der Waals surface area (Å²) in [4.78, 5) is 2.63. The first-order valence-corrected chi connectivity index (χ1v) is 10.2. The van der Waals surface area contributed by atoms with Crippen molar-refractivity contribution in [3.63, 3.8) is 0 Å². The van der Waals surface area contributed by atoms with Crippen LogP contribution in [0.1, 0.15) is 30.4 Å². The van der Waals surface area contributed by atoms with Crippen LogP contribution in [0.2, 0.25) is 0 Å². The number of rotatable bonds is 5. The highest BCUT2D eigenvalue weighted by Gasteiger charge is 2.30. The first kappa shape index (κ1) is 16.0. The van der Waals surface area contributed by atoms with Crippen molar-refractivity contribution in [1.29, 1.82) is 0 Å². The molecule has 22 heavy (non-hydrogen) atoms. The largest absolute Gasteiger partial charge is 0.299 e. The third kappa shape index (κ3) is 4.09. The minimum atomic E-state index is -3.05. The number of nitrogens with zero attached hydrogens (tertiary/aromatic N) is 1. The SMILES string of the molecule is CS(=O)(=O)NCCC1CCCN(C2Cc3ccccc3C2)C1. The van der Waals surface area contributed by atoms with Crippen LogP contribution in [0, 0.1) is 5.92 Å². The number of hydrogen-bond acceptors (Lipinski definition) is 3. The van der Waals surface area contributed by atoms with E-state index in [1.165, 1.54) is 49.6 Å². The highest BCUT2D eigenvalue weighted by molar-refractivity contribution is 7.88. The van der Waals surface area contributed by atoms with Crippen LogP contribution >= 0.6 is 0 Å². The van der Waals surface area contributed by atoms with Crippen molar-refractivity contribution in [1.82, 2.24) is 9.62 Å². The maximum absolute atomic E-state index is 11.2. The fourth-order valence-electron chi connectivity index (χ4n) is 3.91. The molecule has 0 amide bonds. The molecule has 1 fully saturated rings. The Balaban J connectivity index is 1.51. The molecule has 122 valence electrons. The standard InChI is InChI=1S/C17H26N2O2S/c1-22(20,21)18-9-8-14-5-4-10-19(13-14)17-11-15-6-2-3-7-16(15)12-17/h2-3,6-7,14,17-18H,4-5,8-13H2,1H3. The molecule has 1 heterocycles. The number of benzene rings is 1. The molecule has 1 aromatic rings. The van der Waals surface area contributed by atoms with Gasteiger partial charge in [0.2, 0.25) is 10.0 Å². The van der Waals surface area contributed by atoms with Crippen molar-refractivity contribution >= 4 is 10.0 Å². The smallest absolute Gasteiger partial charge is 0.208 e. The number of hydrogen-bond donors (Lipinski definition) is 1. The van der Waals surface area contributed by atoms with E-state index < -0.39 is 10.0 Å². The Kier molecular flexibility index (Phi) is 4.85. The molecular formula is C17H26N2O2S. The van der Waals surface area contributed by atoms with Gasteiger partial charge in [-0.1, -0.05) is 24.3 Å². The van der Waals surface area contributed by atoms with Crippen LogP contribution in [-0.2, 0) is 22.9 Å². The maximum atomic E-state index is 11.2. The van der Waals surface area contributed by atoms with Gasteiger partial charge in [0.05, 0.1) is 6.26 Å². The molecule has 1 unspecified atom stereocenters. The van der Waals surface area contributed by atoms with E-state index in [0.29, 0.717) is 18.5 Å². The van der Waals surface area contributed by atoms with Crippen LogP contribution in [0.5, 0.6) is 0 Å². The minimum Gasteiger partial charge on any atom is -0.299 e. The summed E-state index contributed by atoms with van der Waals surface area (Å²) in [7, 11) is -3.05. The molecule has 0 saturated carbocycles. The van der Waals surface area contributed by atoms with E-state index in [-0.39, 0.29) is 0 Å². The number of sulfonamides is 1. The van der Waals surface area contributed by atoms with Gasteiger partial charge < -0.3 is 0 Å². The maximum Gasteiger partial charge on any atom is 0.208 e. The Bertz CT molecular complexity index is 590. The molecule has 2 aliphatic rings. The Morgan fingerprint density at radius 1 is 1.23 bits per heavy atom. The Labute approximate surface area is 134 Å². The van der Waals surface area contributed by atoms with Gasteiger partial charge in [-0.2, -0.15) is 0 Å². The van der Waals surface area contributed by atoms with Crippen LogP contribution in [0.4, 0.5) is 0 Å². The zero-order valence-corrected chi connectivity index (χ0v) is 14.1. The van der Waals surface area contributed by atoms with Gasteiger partial charge in [-0.3, -0.25) is 4.90 Å². The normalized spacial score (nSPS) is 23.6. The zero-order valence-electron chi connectivity index (χ0n) is 13.3. The van der Waals surface area contributed by atoms with Crippen LogP contribution in [0.25, 0.3) is 0 Å². The van der Waals surface area contributed by atoms with Crippen molar-refractivity contribution in [3.05, 3.63) is 35.4 Å². The van der Waals surface area contributed by atoms with Crippen LogP contribution in [0.15, 0.2) is 24.3 Å². The minimum absolute atomic E-state index is 0.572. The Morgan fingerprint density at radius 2 is 1.91 bits per heavy atom. The predicted octanol–water partition coefficient (Wildman–Crippen LogP) is 1.81. The number of piperidine rings is 1. The van der Waals surface area contributed by atoms with Gasteiger partial charge in [-0.15, -0.1) is 0 Å². The quantitative estimate of drug-likeness (QED) is 0.899. The van der Waals surface area contributed by atoms with Crippen LogP contribution in [0.3, 0.4) is 0 Å². The van der Waals surface area contributed by atoms with Crippen LogP contribution < -0.4 is 4.72 Å². The van der Waals surface area contributed by atoms with Gasteiger partial charge in [0.1, 0.15) is 0 Å². The summed E-state index contributed by atoms with van der Waals surface area (Å²) >= 11 is 0. The molecule has 1 N–H and O–H groups in total. The fourth-order valence-corrected chi connectivity index (χ4v) is 4.40. The number of fused-ring (bicyclic) bond motifs is 1. The first-order chi connectivity index (χ1) is 10.5. The Morgan fingerprint density at radius 3 is 2.55 bits per heavy atom. The van der Waals surface area contributed by atoms with E-state index in [4.69, 9.17) is 0 Å². The summed E-state index contributed by atoms with van der Waals surface area (Å²) in [6, 6.07) is 9.43. The molecule has 3 rings (SSSR count). The third-order valence-electron chi connectivity index (χ3n) is 5.01. The second kappa shape index (κ2) is 6.69. The molecule has 1 aromatic carbocycles. The van der Waals surface area contributed by atoms with Crippen molar-refractivity contribution in [2.24, 2.45) is 5.92 Å². The lowest BCUT2D eigenvalue weighted by molar-refractivity contribution is 0.123. The molecule has 0 spiro atoms. The van der Waals surface area contributed by atoms with E-state index in [9.17, 15) is 8.42 Å². The molecule has 0 aromatic heterocycles. The fraction of sp³-hybridized carbons (Fsp3) is 0.647. The molecule has 1 aliphatic carbocycles. The van der Waals surface area contributed by atoms with E-state index >= 15 is 0 Å². The molecular weight excluding hydrogens is 296 g/mol. The predicted molar refractivity (Wildman–Crippen MR) is 89.4 cm³/mol. The Hall–Kier alpha value is -0.910. The van der Waals surface area contributed by atoms with E-state index in [1.807, 2.05) is 0 Å². The van der Waals surface area contributed by atoms with E-state index in [2.05, 4.69) is 33.9 Å². The van der Waals surface area contributed by atoms with E-state index in [0.717, 1.165) is 13.0 Å². The average Bonchev–Trinajstić information content (AvgIpc) is 2.90. The summed E-state index contributed by atoms with van der Waals surface area (Å²) in [6.45, 7) is 2.88. The highest BCUT2D eigenvalue weighted by Crippen LogP contribution is 2.29. The summed E-state index contributed by atoms with van der Waals surface area (Å²) < 4.78 is 24.9. The lowest BCUT2D eigenvalue weighted by Crippen LogP contribution is -2.43. The monoisotopic (exact) mass is 322 g/mol. The molecule has 5 heteroatoms. The van der Waals surface area contributed by atoms with E-state index in [1.54, 1.807) is 0 Å². The van der Waals surface area contributed by atoms with Gasteiger partial charge in [0, 0.05) is 19.1 Å². The van der Waals surface area contributed by atoms with Crippen LogP contribution in [-0.4, -0.2) is 45.2 Å². The van der Waals surface area contributed by atoms with Crippen molar-refractivity contribution in [3.8, 4) is 0 Å². The molecule has 0 bridgehead atoms. The second-order valence-corrected chi connectivity index (χ2v) is 8.62. The molecule has 1 atom stereocenters. The van der Waals surface area contributed by atoms with Gasteiger partial charge in [-0.25, -0.2) is 13.1 Å². The highest BCUT2D eigenvalue weighted by atomic mass is 32.2. The molecule has 0 radical (unpaired) electrons. The summed E-state index contributed by atoms with van der Waals surface area (Å²) in [5.41, 5.74) is 3.02. The van der Waals surface area contributed by atoms with Crippen molar-refractivity contribution in [2.75, 3.05) is 25.9 Å². The summed E-state index contributed by atoms with van der Waals surface area (Å²) in [5, 5.41) is 0. The lowest BCUT2D eigenvalue weighted by atomic mass is 9.93. The average molecular weight is 322 g/mol. The topological polar surface area (TPSA) is 49.4 Å². The van der Waals surface area contributed by atoms with Gasteiger partial charge in [0.15, 0.2) is 0 Å². The number of likely N-dealkylation sites (tertiary alicyclic amines) is 1. The summed E-state index contributed by atoms with van der Waals surface area (Å²) in [5.74, 6) is 0.617. The number of nitrogens with one attached hydrogen (secondary N) is 1. The van der Waals surface area contributed by atoms with Crippen molar-refractivity contribution < 1.29 is 8.42 Å². The zero-order chi connectivity index (χ0) is 15.6. The van der Waals surface area contributed by atoms with Crippen molar-refractivity contribution in [2.45, 2.75) is 38.1 Å². The molecule has 4 nitrogen and oxygen atoms in total. The lowest BCUT2D eigenvalue weighted by Gasteiger charge is -2.37. The van der Waals surface area contributed by atoms with Gasteiger partial charge in [0.25, 0.3) is 0 Å². The first-order valence-electron chi connectivity index (χ1n) is 8.27. The van der Waals surface area contributed by atoms with Gasteiger partial charge in [-0.05, 0) is 55.7 Å². The molecule has 1 saturated heterocycles. The second-order valence-electron chi connectivity index (χ2n) is 6.79. The van der Waals surface area contributed by atoms with Gasteiger partial charge >= 0.3 is 0 Å². The third-order valence-corrected chi connectivity index (χ3v) is 5.74. The summed E-state index contributed by atoms with van der Waals surface area (Å²) in [6.07, 6.45) is 6.98. The molecule has 1 aliphatic heterocycles.